The Balaban J connectivity index is 1.80. The van der Waals surface area contributed by atoms with Gasteiger partial charge in [-0.1, -0.05) is 36.9 Å². The molecule has 0 atom stereocenters. The maximum atomic E-state index is 4.46. The van der Waals surface area contributed by atoms with E-state index in [-0.39, 0.29) is 0 Å². The molecule has 1 aliphatic rings. The smallest absolute Gasteiger partial charge is 0.168 e. The number of rotatable bonds is 5. The van der Waals surface area contributed by atoms with Crippen molar-refractivity contribution >= 4 is 17.4 Å². The quantitative estimate of drug-likeness (QED) is 0.792. The molecule has 2 aromatic rings. The predicted molar refractivity (Wildman–Crippen MR) is 93.9 cm³/mol. The number of thioether (sulfide) groups is 1. The number of likely N-dealkylation sites (N-methyl/N-ethyl adjacent to an activating group) is 1. The zero-order valence-electron chi connectivity index (χ0n) is 13.4. The summed E-state index contributed by atoms with van der Waals surface area (Å²) in [5.74, 6) is 1.05. The Labute approximate surface area is 137 Å². The van der Waals surface area contributed by atoms with E-state index in [9.17, 15) is 0 Å². The van der Waals surface area contributed by atoms with Gasteiger partial charge in [-0.25, -0.2) is 4.98 Å². The van der Waals surface area contributed by atoms with Crippen LogP contribution in [0.1, 0.15) is 12.5 Å². The van der Waals surface area contributed by atoms with Gasteiger partial charge in [0.1, 0.15) is 0 Å². The number of piperazine rings is 1. The van der Waals surface area contributed by atoms with E-state index in [1.165, 1.54) is 11.3 Å². The van der Waals surface area contributed by atoms with Crippen LogP contribution in [0.5, 0.6) is 0 Å². The molecule has 1 fully saturated rings. The fourth-order valence-electron chi connectivity index (χ4n) is 2.87. The molecule has 1 saturated heterocycles. The van der Waals surface area contributed by atoms with Crippen molar-refractivity contribution in [2.24, 2.45) is 0 Å². The highest BCUT2D eigenvalue weighted by Crippen LogP contribution is 2.24. The van der Waals surface area contributed by atoms with E-state index in [1.54, 1.807) is 11.8 Å². The Morgan fingerprint density at radius 1 is 1.14 bits per heavy atom. The Morgan fingerprint density at radius 2 is 1.91 bits per heavy atom. The van der Waals surface area contributed by atoms with Crippen molar-refractivity contribution in [1.82, 2.24) is 14.5 Å². The molecule has 0 bridgehead atoms. The SMILES string of the molecule is CCSc1nccn1Cc1ccccc1N1CCN(C)CC1. The van der Waals surface area contributed by atoms with Crippen molar-refractivity contribution in [3.63, 3.8) is 0 Å². The summed E-state index contributed by atoms with van der Waals surface area (Å²) >= 11 is 1.80. The molecule has 1 aliphatic heterocycles. The van der Waals surface area contributed by atoms with Crippen LogP contribution < -0.4 is 4.90 Å². The third kappa shape index (κ3) is 3.47. The number of imidazole rings is 1. The van der Waals surface area contributed by atoms with Crippen molar-refractivity contribution in [1.29, 1.82) is 0 Å². The number of nitrogens with zero attached hydrogens (tertiary/aromatic N) is 4. The molecule has 1 aromatic heterocycles. The Kier molecular flexibility index (Phi) is 5.05. The first-order valence-electron chi connectivity index (χ1n) is 7.93. The van der Waals surface area contributed by atoms with Crippen LogP contribution in [0.4, 0.5) is 5.69 Å². The van der Waals surface area contributed by atoms with Crippen molar-refractivity contribution in [3.05, 3.63) is 42.2 Å². The van der Waals surface area contributed by atoms with Crippen LogP contribution in [0, 0.1) is 0 Å². The van der Waals surface area contributed by atoms with Gasteiger partial charge in [-0.15, -0.1) is 0 Å². The van der Waals surface area contributed by atoms with Gasteiger partial charge in [-0.05, 0) is 24.4 Å². The van der Waals surface area contributed by atoms with Crippen LogP contribution in [-0.4, -0.2) is 53.4 Å². The molecule has 0 N–H and O–H groups in total. The van der Waals surface area contributed by atoms with Crippen LogP contribution in [0.2, 0.25) is 0 Å². The van der Waals surface area contributed by atoms with Crippen molar-refractivity contribution in [2.75, 3.05) is 43.9 Å². The van der Waals surface area contributed by atoms with Crippen LogP contribution >= 0.6 is 11.8 Å². The normalized spacial score (nSPS) is 16.2. The predicted octanol–water partition coefficient (Wildman–Crippen LogP) is 2.80. The Hall–Kier alpha value is -1.46. The minimum absolute atomic E-state index is 0.894. The maximum Gasteiger partial charge on any atom is 0.168 e. The number of anilines is 1. The summed E-state index contributed by atoms with van der Waals surface area (Å²) in [5.41, 5.74) is 2.75. The van der Waals surface area contributed by atoms with Crippen molar-refractivity contribution < 1.29 is 0 Å². The Bertz CT molecular complexity index is 602. The number of benzene rings is 1. The second-order valence-electron chi connectivity index (χ2n) is 5.69. The van der Waals surface area contributed by atoms with Gasteiger partial charge in [-0.3, -0.25) is 0 Å². The van der Waals surface area contributed by atoms with Gasteiger partial charge in [0, 0.05) is 44.3 Å². The van der Waals surface area contributed by atoms with Crippen molar-refractivity contribution in [2.45, 2.75) is 18.6 Å². The molecule has 0 spiro atoms. The molecule has 118 valence electrons. The molecule has 0 unspecified atom stereocenters. The van der Waals surface area contributed by atoms with Crippen LogP contribution in [-0.2, 0) is 6.54 Å². The average molecular weight is 316 g/mol. The molecule has 4 nitrogen and oxygen atoms in total. The molecule has 0 saturated carbocycles. The second kappa shape index (κ2) is 7.20. The average Bonchev–Trinajstić information content (AvgIpc) is 2.96. The van der Waals surface area contributed by atoms with Gasteiger partial charge in [0.25, 0.3) is 0 Å². The summed E-state index contributed by atoms with van der Waals surface area (Å²) < 4.78 is 2.25. The van der Waals surface area contributed by atoms with E-state index in [0.29, 0.717) is 0 Å². The summed E-state index contributed by atoms with van der Waals surface area (Å²) in [6.45, 7) is 7.54. The first-order chi connectivity index (χ1) is 10.8. The highest BCUT2D eigenvalue weighted by molar-refractivity contribution is 7.99. The van der Waals surface area contributed by atoms with Gasteiger partial charge >= 0.3 is 0 Å². The van der Waals surface area contributed by atoms with E-state index in [1.807, 2.05) is 6.20 Å². The lowest BCUT2D eigenvalue weighted by atomic mass is 10.1. The fourth-order valence-corrected chi connectivity index (χ4v) is 3.55. The molecule has 22 heavy (non-hydrogen) atoms. The van der Waals surface area contributed by atoms with E-state index in [0.717, 1.165) is 43.6 Å². The Morgan fingerprint density at radius 3 is 2.68 bits per heavy atom. The lowest BCUT2D eigenvalue weighted by molar-refractivity contribution is 0.312. The second-order valence-corrected chi connectivity index (χ2v) is 6.92. The highest BCUT2D eigenvalue weighted by Gasteiger charge is 2.17. The van der Waals surface area contributed by atoms with Gasteiger partial charge in [0.2, 0.25) is 0 Å². The lowest BCUT2D eigenvalue weighted by Crippen LogP contribution is -2.44. The first kappa shape index (κ1) is 15.4. The third-order valence-corrected chi connectivity index (χ3v) is 5.01. The number of hydrogen-bond acceptors (Lipinski definition) is 4. The molecular formula is C17H24N4S. The third-order valence-electron chi connectivity index (χ3n) is 4.13. The molecule has 0 radical (unpaired) electrons. The summed E-state index contributed by atoms with van der Waals surface area (Å²) in [6, 6.07) is 8.78. The highest BCUT2D eigenvalue weighted by atomic mass is 32.2. The first-order valence-corrected chi connectivity index (χ1v) is 8.92. The summed E-state index contributed by atoms with van der Waals surface area (Å²) in [7, 11) is 2.20. The van der Waals surface area contributed by atoms with Gasteiger partial charge in [0.15, 0.2) is 5.16 Å². The standard InChI is InChI=1S/C17H24N4S/c1-3-22-17-18-8-9-21(17)14-15-6-4-5-7-16(15)20-12-10-19(2)11-13-20/h4-9H,3,10-14H2,1-2H3. The molecule has 1 aromatic carbocycles. The van der Waals surface area contributed by atoms with E-state index < -0.39 is 0 Å². The molecule has 2 heterocycles. The van der Waals surface area contributed by atoms with Crippen LogP contribution in [0.15, 0.2) is 41.8 Å². The zero-order valence-corrected chi connectivity index (χ0v) is 14.2. The van der Waals surface area contributed by atoms with Crippen LogP contribution in [0.3, 0.4) is 0 Å². The molecule has 3 rings (SSSR count). The molecule has 5 heteroatoms. The minimum Gasteiger partial charge on any atom is -0.369 e. The molecule has 0 amide bonds. The number of hydrogen-bond donors (Lipinski definition) is 0. The lowest BCUT2D eigenvalue weighted by Gasteiger charge is -2.35. The number of aromatic nitrogens is 2. The van der Waals surface area contributed by atoms with Crippen molar-refractivity contribution in [3.8, 4) is 0 Å². The maximum absolute atomic E-state index is 4.46. The topological polar surface area (TPSA) is 24.3 Å². The molecule has 0 aliphatic carbocycles. The number of para-hydroxylation sites is 1. The van der Waals surface area contributed by atoms with E-state index in [4.69, 9.17) is 0 Å². The summed E-state index contributed by atoms with van der Waals surface area (Å²) in [6.07, 6.45) is 3.98. The van der Waals surface area contributed by atoms with Gasteiger partial charge in [0.05, 0.1) is 6.54 Å². The van der Waals surface area contributed by atoms with Crippen LogP contribution in [0.25, 0.3) is 0 Å². The largest absolute Gasteiger partial charge is 0.369 e. The van der Waals surface area contributed by atoms with Gasteiger partial charge in [-0.2, -0.15) is 0 Å². The van der Waals surface area contributed by atoms with Gasteiger partial charge < -0.3 is 14.4 Å². The monoisotopic (exact) mass is 316 g/mol. The summed E-state index contributed by atoms with van der Waals surface area (Å²) in [4.78, 5) is 9.37. The zero-order chi connectivity index (χ0) is 15.4. The summed E-state index contributed by atoms with van der Waals surface area (Å²) in [5, 5.41) is 1.11. The molecular weight excluding hydrogens is 292 g/mol. The van der Waals surface area contributed by atoms with E-state index >= 15 is 0 Å². The van der Waals surface area contributed by atoms with E-state index in [2.05, 4.69) is 63.8 Å². The minimum atomic E-state index is 0.894. The fraction of sp³-hybridized carbons (Fsp3) is 0.471.